The Morgan fingerprint density at radius 1 is 1.13 bits per heavy atom. The largest absolute Gasteiger partial charge is 0.457 e. The number of nitrogens with one attached hydrogen (secondary N) is 2. The Morgan fingerprint density at radius 2 is 1.94 bits per heavy atom. The van der Waals surface area contributed by atoms with Crippen LogP contribution in [-0.4, -0.2) is 21.1 Å². The van der Waals surface area contributed by atoms with Crippen molar-refractivity contribution in [2.24, 2.45) is 0 Å². The molecule has 156 valence electrons. The van der Waals surface area contributed by atoms with Crippen LogP contribution in [0.3, 0.4) is 0 Å². The SMILES string of the molecule is Cc1c(Oc2ccnc(-c3cn[nH]c3)c2)cccc1C(=O)NCc1cc(F)cc(F)c1. The van der Waals surface area contributed by atoms with Gasteiger partial charge in [-0.3, -0.25) is 14.9 Å². The summed E-state index contributed by atoms with van der Waals surface area (Å²) < 4.78 is 32.7. The quantitative estimate of drug-likeness (QED) is 0.470. The van der Waals surface area contributed by atoms with Crippen molar-refractivity contribution in [2.45, 2.75) is 13.5 Å². The van der Waals surface area contributed by atoms with Gasteiger partial charge in [-0.25, -0.2) is 8.78 Å². The van der Waals surface area contributed by atoms with Gasteiger partial charge in [-0.15, -0.1) is 0 Å². The standard InChI is InChI=1S/C23H18F2N4O2/c1-14-20(23(30)27-11-15-7-17(24)9-18(25)8-15)3-2-4-22(14)31-19-5-6-26-21(10-19)16-12-28-29-13-16/h2-10,12-13H,11H2,1H3,(H,27,30)(H,28,29). The van der Waals surface area contributed by atoms with Gasteiger partial charge < -0.3 is 10.1 Å². The number of aromatic amines is 1. The van der Waals surface area contributed by atoms with E-state index < -0.39 is 11.6 Å². The van der Waals surface area contributed by atoms with E-state index in [1.54, 1.807) is 55.8 Å². The summed E-state index contributed by atoms with van der Waals surface area (Å²) in [6, 6.07) is 11.8. The van der Waals surface area contributed by atoms with Crippen molar-refractivity contribution in [1.29, 1.82) is 0 Å². The van der Waals surface area contributed by atoms with Crippen LogP contribution < -0.4 is 10.1 Å². The third kappa shape index (κ3) is 4.75. The van der Waals surface area contributed by atoms with E-state index in [9.17, 15) is 13.6 Å². The van der Waals surface area contributed by atoms with Crippen molar-refractivity contribution in [3.05, 3.63) is 95.4 Å². The summed E-state index contributed by atoms with van der Waals surface area (Å²) in [6.07, 6.45) is 5.02. The molecule has 0 fully saturated rings. The summed E-state index contributed by atoms with van der Waals surface area (Å²) in [7, 11) is 0. The van der Waals surface area contributed by atoms with Gasteiger partial charge in [0, 0.05) is 47.8 Å². The molecular weight excluding hydrogens is 402 g/mol. The number of hydrogen-bond donors (Lipinski definition) is 2. The minimum absolute atomic E-state index is 0.00352. The molecule has 6 nitrogen and oxygen atoms in total. The van der Waals surface area contributed by atoms with Crippen molar-refractivity contribution in [3.8, 4) is 22.8 Å². The maximum atomic E-state index is 13.3. The first kappa shape index (κ1) is 20.2. The topological polar surface area (TPSA) is 79.9 Å². The lowest BCUT2D eigenvalue weighted by Gasteiger charge is -2.13. The lowest BCUT2D eigenvalue weighted by molar-refractivity contribution is 0.0950. The predicted octanol–water partition coefficient (Wildman–Crippen LogP) is 4.78. The van der Waals surface area contributed by atoms with E-state index in [0.29, 0.717) is 33.9 Å². The van der Waals surface area contributed by atoms with Crippen LogP contribution in [0.1, 0.15) is 21.5 Å². The van der Waals surface area contributed by atoms with Crippen LogP contribution in [0.4, 0.5) is 8.78 Å². The van der Waals surface area contributed by atoms with Crippen molar-refractivity contribution in [3.63, 3.8) is 0 Å². The molecule has 2 aromatic heterocycles. The fourth-order valence-corrected chi connectivity index (χ4v) is 3.11. The van der Waals surface area contributed by atoms with Gasteiger partial charge in [0.1, 0.15) is 23.1 Å². The summed E-state index contributed by atoms with van der Waals surface area (Å²) in [5.41, 5.74) is 2.88. The molecule has 4 aromatic rings. The minimum atomic E-state index is -0.692. The van der Waals surface area contributed by atoms with Crippen LogP contribution in [-0.2, 0) is 6.54 Å². The number of carbonyl (C=O) groups is 1. The second kappa shape index (κ2) is 8.74. The highest BCUT2D eigenvalue weighted by molar-refractivity contribution is 5.96. The molecule has 0 aliphatic carbocycles. The van der Waals surface area contributed by atoms with Crippen molar-refractivity contribution >= 4 is 5.91 Å². The predicted molar refractivity (Wildman–Crippen MR) is 111 cm³/mol. The first-order valence-corrected chi connectivity index (χ1v) is 9.45. The van der Waals surface area contributed by atoms with Gasteiger partial charge in [-0.1, -0.05) is 6.07 Å². The fourth-order valence-electron chi connectivity index (χ4n) is 3.11. The minimum Gasteiger partial charge on any atom is -0.457 e. The van der Waals surface area contributed by atoms with Crippen LogP contribution >= 0.6 is 0 Å². The Labute approximate surface area is 176 Å². The molecule has 0 saturated heterocycles. The van der Waals surface area contributed by atoms with E-state index >= 15 is 0 Å². The molecule has 2 N–H and O–H groups in total. The number of pyridine rings is 1. The van der Waals surface area contributed by atoms with Gasteiger partial charge in [-0.2, -0.15) is 5.10 Å². The van der Waals surface area contributed by atoms with Crippen LogP contribution in [0.2, 0.25) is 0 Å². The van der Waals surface area contributed by atoms with Crippen molar-refractivity contribution in [2.75, 3.05) is 0 Å². The molecule has 31 heavy (non-hydrogen) atoms. The maximum Gasteiger partial charge on any atom is 0.251 e. The lowest BCUT2D eigenvalue weighted by Crippen LogP contribution is -2.23. The molecule has 2 aromatic carbocycles. The summed E-state index contributed by atoms with van der Waals surface area (Å²) in [5, 5.41) is 9.33. The van der Waals surface area contributed by atoms with E-state index in [1.165, 1.54) is 12.1 Å². The van der Waals surface area contributed by atoms with E-state index in [-0.39, 0.29) is 12.5 Å². The van der Waals surface area contributed by atoms with Gasteiger partial charge in [0.2, 0.25) is 0 Å². The van der Waals surface area contributed by atoms with E-state index in [4.69, 9.17) is 4.74 Å². The smallest absolute Gasteiger partial charge is 0.251 e. The summed E-state index contributed by atoms with van der Waals surface area (Å²) in [5.74, 6) is -0.691. The highest BCUT2D eigenvalue weighted by atomic mass is 19.1. The lowest BCUT2D eigenvalue weighted by atomic mass is 10.1. The molecule has 0 saturated carbocycles. The molecule has 8 heteroatoms. The van der Waals surface area contributed by atoms with Crippen LogP contribution in [0.5, 0.6) is 11.5 Å². The number of nitrogens with zero attached hydrogens (tertiary/aromatic N) is 2. The van der Waals surface area contributed by atoms with Gasteiger partial charge in [0.15, 0.2) is 0 Å². The number of carbonyl (C=O) groups excluding carboxylic acids is 1. The Bertz CT molecular complexity index is 1210. The average Bonchev–Trinajstić information content (AvgIpc) is 3.28. The van der Waals surface area contributed by atoms with Gasteiger partial charge in [-0.05, 0) is 42.8 Å². The second-order valence-electron chi connectivity index (χ2n) is 6.85. The molecule has 0 radical (unpaired) electrons. The fraction of sp³-hybridized carbons (Fsp3) is 0.0870. The van der Waals surface area contributed by atoms with Crippen molar-refractivity contribution in [1.82, 2.24) is 20.5 Å². The molecular formula is C23H18F2N4O2. The van der Waals surface area contributed by atoms with Crippen LogP contribution in [0, 0.1) is 18.6 Å². The van der Waals surface area contributed by atoms with Gasteiger partial charge >= 0.3 is 0 Å². The van der Waals surface area contributed by atoms with Crippen LogP contribution in [0.25, 0.3) is 11.3 Å². The van der Waals surface area contributed by atoms with Crippen molar-refractivity contribution < 1.29 is 18.3 Å². The van der Waals surface area contributed by atoms with E-state index in [0.717, 1.165) is 11.6 Å². The molecule has 4 rings (SSSR count). The molecule has 0 bridgehead atoms. The number of ether oxygens (including phenoxy) is 1. The molecule has 0 atom stereocenters. The number of amides is 1. The normalized spacial score (nSPS) is 10.7. The van der Waals surface area contributed by atoms with Gasteiger partial charge in [0.25, 0.3) is 5.91 Å². The Kier molecular flexibility index (Phi) is 5.70. The monoisotopic (exact) mass is 420 g/mol. The molecule has 2 heterocycles. The first-order valence-electron chi connectivity index (χ1n) is 9.45. The third-order valence-electron chi connectivity index (χ3n) is 4.66. The molecule has 0 spiro atoms. The average molecular weight is 420 g/mol. The second-order valence-corrected chi connectivity index (χ2v) is 6.85. The number of H-pyrrole nitrogens is 1. The highest BCUT2D eigenvalue weighted by Crippen LogP contribution is 2.29. The molecule has 0 aliphatic rings. The number of benzene rings is 2. The van der Waals surface area contributed by atoms with Gasteiger partial charge in [0.05, 0.1) is 11.9 Å². The zero-order valence-electron chi connectivity index (χ0n) is 16.5. The summed E-state index contributed by atoms with van der Waals surface area (Å²) in [4.78, 5) is 16.9. The number of hydrogen-bond acceptors (Lipinski definition) is 4. The van der Waals surface area contributed by atoms with Crippen LogP contribution in [0.15, 0.2) is 67.1 Å². The Hall–Kier alpha value is -4.07. The Morgan fingerprint density at radius 3 is 2.68 bits per heavy atom. The summed E-state index contributed by atoms with van der Waals surface area (Å²) >= 11 is 0. The number of halogens is 2. The maximum absolute atomic E-state index is 13.3. The number of rotatable bonds is 6. The summed E-state index contributed by atoms with van der Waals surface area (Å²) in [6.45, 7) is 1.76. The van der Waals surface area contributed by atoms with E-state index in [1.807, 2.05) is 0 Å². The number of aromatic nitrogens is 3. The third-order valence-corrected chi connectivity index (χ3v) is 4.66. The molecule has 1 amide bonds. The molecule has 0 unspecified atom stereocenters. The Balaban J connectivity index is 1.50. The highest BCUT2D eigenvalue weighted by Gasteiger charge is 2.14. The molecule has 0 aliphatic heterocycles. The zero-order valence-corrected chi connectivity index (χ0v) is 16.5. The first-order chi connectivity index (χ1) is 15.0. The zero-order chi connectivity index (χ0) is 21.8. The van der Waals surface area contributed by atoms with E-state index in [2.05, 4.69) is 20.5 Å².